The van der Waals surface area contributed by atoms with Crippen LogP contribution in [0.4, 0.5) is 29.1 Å². The van der Waals surface area contributed by atoms with Crippen molar-refractivity contribution in [3.8, 4) is 5.75 Å². The van der Waals surface area contributed by atoms with Gasteiger partial charge in [0, 0.05) is 13.0 Å². The van der Waals surface area contributed by atoms with Gasteiger partial charge in [0.15, 0.2) is 17.4 Å². The van der Waals surface area contributed by atoms with E-state index in [2.05, 4.69) is 10.4 Å². The number of anilines is 2. The highest BCUT2D eigenvalue weighted by atomic mass is 35.5. The standard InChI is InChI=1S/C40H32ClF4N5O5/c1-20-8-11-23(12-9-20)47-49-36(53)27-19-26-24(33(21-10-16-30(51)29(42)18-21)39(27,38(49)55)22-6-4-3-5-7-22)13-14-25-32(26)37(54)50(35(25)52)48(2)34-28(41)15-17-31(46-34)40(43,44)45/h3-13,15-18,25-27,32-33,47,51H,14,19H2,1-2H3. The minimum absolute atomic E-state index is 0.00473. The zero-order valence-corrected chi connectivity index (χ0v) is 30.0. The number of phenols is 1. The predicted octanol–water partition coefficient (Wildman–Crippen LogP) is 6.94. The zero-order chi connectivity index (χ0) is 39.1. The summed E-state index contributed by atoms with van der Waals surface area (Å²) in [6.07, 6.45) is -3.17. The number of aryl methyl sites for hydroxylation is 1. The Morgan fingerprint density at radius 1 is 0.927 bits per heavy atom. The average Bonchev–Trinajstić information content (AvgIpc) is 3.54. The van der Waals surface area contributed by atoms with Crippen LogP contribution in [-0.4, -0.2) is 50.8 Å². The molecule has 55 heavy (non-hydrogen) atoms. The Bertz CT molecular complexity index is 2310. The number of alkyl halides is 3. The van der Waals surface area contributed by atoms with Gasteiger partial charge in [0.2, 0.25) is 0 Å². The number of rotatable bonds is 6. The molecule has 8 rings (SSSR count). The molecule has 0 bridgehead atoms. The summed E-state index contributed by atoms with van der Waals surface area (Å²) in [7, 11) is 1.22. The third kappa shape index (κ3) is 5.48. The average molecular weight is 774 g/mol. The Hall–Kier alpha value is -5.76. The summed E-state index contributed by atoms with van der Waals surface area (Å²) >= 11 is 6.27. The number of aromatic hydroxyl groups is 1. The van der Waals surface area contributed by atoms with Gasteiger partial charge in [-0.1, -0.05) is 77.3 Å². The number of benzene rings is 3. The SMILES string of the molecule is Cc1ccc(NN2C(=O)C3CC4C(=CCC5C(=O)N(N(C)c6nc(C(F)(F)F)ccc6Cl)C(=O)C54)C(c4ccc(O)c(F)c4)C3(c3ccccc3)C2=O)cc1. The molecule has 3 aromatic carbocycles. The highest BCUT2D eigenvalue weighted by Crippen LogP contribution is 2.64. The maximum Gasteiger partial charge on any atom is 0.433 e. The first-order valence-corrected chi connectivity index (χ1v) is 17.8. The number of nitrogens with one attached hydrogen (secondary N) is 1. The Labute approximate surface area is 316 Å². The van der Waals surface area contributed by atoms with Crippen LogP contribution in [0.2, 0.25) is 5.02 Å². The second-order valence-corrected chi connectivity index (χ2v) is 14.7. The van der Waals surface area contributed by atoms with Gasteiger partial charge >= 0.3 is 6.18 Å². The van der Waals surface area contributed by atoms with Crippen molar-refractivity contribution in [1.82, 2.24) is 15.0 Å². The number of phenolic OH excluding ortho intramolecular Hbond substituents is 1. The molecular formula is C40H32ClF4N5O5. The predicted molar refractivity (Wildman–Crippen MR) is 191 cm³/mol. The van der Waals surface area contributed by atoms with Crippen LogP contribution in [0.25, 0.3) is 0 Å². The molecule has 10 nitrogen and oxygen atoms in total. The van der Waals surface area contributed by atoms with Crippen LogP contribution in [0, 0.1) is 36.4 Å². The van der Waals surface area contributed by atoms with Gasteiger partial charge in [0.05, 0.1) is 33.9 Å². The summed E-state index contributed by atoms with van der Waals surface area (Å²) in [5, 5.41) is 12.6. The fraction of sp³-hybridized carbons (Fsp3) is 0.275. The Morgan fingerprint density at radius 3 is 2.31 bits per heavy atom. The lowest BCUT2D eigenvalue weighted by molar-refractivity contribution is -0.142. The number of hydrogen-bond donors (Lipinski definition) is 2. The molecule has 2 aliphatic heterocycles. The van der Waals surface area contributed by atoms with Gasteiger partial charge in [-0.3, -0.25) is 29.6 Å². The quantitative estimate of drug-likeness (QED) is 0.123. The maximum absolute atomic E-state index is 15.3. The van der Waals surface area contributed by atoms with E-state index in [9.17, 15) is 32.7 Å². The van der Waals surface area contributed by atoms with E-state index in [0.29, 0.717) is 22.9 Å². The van der Waals surface area contributed by atoms with Gasteiger partial charge in [-0.25, -0.2) is 9.37 Å². The van der Waals surface area contributed by atoms with Crippen molar-refractivity contribution in [2.45, 2.75) is 37.3 Å². The number of fused-ring (bicyclic) bond motifs is 4. The summed E-state index contributed by atoms with van der Waals surface area (Å²) in [4.78, 5) is 62.2. The van der Waals surface area contributed by atoms with Gasteiger partial charge in [-0.05, 0) is 73.2 Å². The van der Waals surface area contributed by atoms with Crippen LogP contribution in [0.5, 0.6) is 5.75 Å². The molecule has 2 saturated heterocycles. The number of carbonyl (C=O) groups excluding carboxylic acids is 4. The topological polar surface area (TPSA) is 123 Å². The highest BCUT2D eigenvalue weighted by Gasteiger charge is 2.70. The highest BCUT2D eigenvalue weighted by molar-refractivity contribution is 6.33. The van der Waals surface area contributed by atoms with Crippen molar-refractivity contribution >= 4 is 46.7 Å². The third-order valence-corrected chi connectivity index (χ3v) is 11.7. The van der Waals surface area contributed by atoms with E-state index in [1.807, 2.05) is 19.1 Å². The molecule has 3 heterocycles. The number of halogens is 5. The van der Waals surface area contributed by atoms with E-state index in [4.69, 9.17) is 11.6 Å². The smallest absolute Gasteiger partial charge is 0.433 e. The lowest BCUT2D eigenvalue weighted by atomic mass is 9.49. The van der Waals surface area contributed by atoms with Crippen molar-refractivity contribution in [3.63, 3.8) is 0 Å². The molecule has 282 valence electrons. The van der Waals surface area contributed by atoms with Gasteiger partial charge < -0.3 is 5.11 Å². The van der Waals surface area contributed by atoms with E-state index < -0.39 is 87.9 Å². The van der Waals surface area contributed by atoms with Crippen LogP contribution in [0.1, 0.15) is 41.1 Å². The number of imide groups is 2. The molecule has 4 aliphatic rings. The van der Waals surface area contributed by atoms with Crippen LogP contribution >= 0.6 is 11.6 Å². The molecule has 1 saturated carbocycles. The van der Waals surface area contributed by atoms with Gasteiger partial charge in [-0.15, -0.1) is 0 Å². The second kappa shape index (κ2) is 12.9. The molecule has 0 radical (unpaired) electrons. The summed E-state index contributed by atoms with van der Waals surface area (Å²) in [5.41, 5.74) is 2.66. The van der Waals surface area contributed by atoms with E-state index >= 15 is 9.18 Å². The fourth-order valence-electron chi connectivity index (χ4n) is 9.01. The molecule has 2 N–H and O–H groups in total. The largest absolute Gasteiger partial charge is 0.505 e. The van der Waals surface area contributed by atoms with E-state index in [1.54, 1.807) is 48.5 Å². The number of hydrazine groups is 2. The third-order valence-electron chi connectivity index (χ3n) is 11.4. The molecule has 6 unspecified atom stereocenters. The first-order valence-electron chi connectivity index (χ1n) is 17.4. The minimum atomic E-state index is -4.84. The van der Waals surface area contributed by atoms with Crippen molar-refractivity contribution in [2.75, 3.05) is 17.5 Å². The van der Waals surface area contributed by atoms with E-state index in [-0.39, 0.29) is 23.4 Å². The monoisotopic (exact) mass is 773 g/mol. The number of nitrogens with zero attached hydrogens (tertiary/aromatic N) is 4. The van der Waals surface area contributed by atoms with Crippen LogP contribution in [0.15, 0.2) is 96.6 Å². The van der Waals surface area contributed by atoms with Crippen molar-refractivity contribution in [1.29, 1.82) is 0 Å². The van der Waals surface area contributed by atoms with Crippen LogP contribution < -0.4 is 10.4 Å². The summed E-state index contributed by atoms with van der Waals surface area (Å²) in [6, 6.07) is 21.1. The van der Waals surface area contributed by atoms with Crippen LogP contribution in [0.3, 0.4) is 0 Å². The zero-order valence-electron chi connectivity index (χ0n) is 29.2. The number of aromatic nitrogens is 1. The second-order valence-electron chi connectivity index (χ2n) is 14.3. The van der Waals surface area contributed by atoms with Crippen LogP contribution in [-0.2, 0) is 30.8 Å². The first-order chi connectivity index (χ1) is 26.1. The van der Waals surface area contributed by atoms with Gasteiger partial charge in [0.1, 0.15) is 5.69 Å². The number of carbonyl (C=O) groups is 4. The number of allylic oxidation sites excluding steroid dienone is 2. The molecule has 2 aliphatic carbocycles. The van der Waals surface area contributed by atoms with Gasteiger partial charge in [-0.2, -0.15) is 23.2 Å². The molecule has 6 atom stereocenters. The van der Waals surface area contributed by atoms with Crippen molar-refractivity contribution in [3.05, 3.63) is 130 Å². The number of amides is 4. The summed E-state index contributed by atoms with van der Waals surface area (Å²) in [5.74, 6) is -9.89. The van der Waals surface area contributed by atoms with Crippen molar-refractivity contribution < 1.29 is 41.8 Å². The Balaban J connectivity index is 1.27. The lowest BCUT2D eigenvalue weighted by Gasteiger charge is -2.50. The summed E-state index contributed by atoms with van der Waals surface area (Å²) < 4.78 is 56.3. The normalized spacial score (nSPS) is 26.1. The Morgan fingerprint density at radius 2 is 1.64 bits per heavy atom. The summed E-state index contributed by atoms with van der Waals surface area (Å²) in [6.45, 7) is 1.89. The molecule has 4 aromatic rings. The molecular weight excluding hydrogens is 742 g/mol. The molecule has 4 amide bonds. The molecule has 1 aromatic heterocycles. The maximum atomic E-state index is 15.3. The molecule has 15 heteroatoms. The van der Waals surface area contributed by atoms with E-state index in [0.717, 1.165) is 38.8 Å². The van der Waals surface area contributed by atoms with Gasteiger partial charge in [0.25, 0.3) is 23.6 Å². The lowest BCUT2D eigenvalue weighted by Crippen LogP contribution is -2.53. The molecule has 3 fully saturated rings. The fourth-order valence-corrected chi connectivity index (χ4v) is 9.24. The van der Waals surface area contributed by atoms with E-state index in [1.165, 1.54) is 13.1 Å². The Kier molecular flexibility index (Phi) is 8.52. The molecule has 0 spiro atoms. The van der Waals surface area contributed by atoms with Crippen molar-refractivity contribution in [2.24, 2.45) is 23.7 Å². The minimum Gasteiger partial charge on any atom is -0.505 e. The first kappa shape index (κ1) is 36.2. The number of pyridine rings is 1. The number of hydrogen-bond acceptors (Lipinski definition) is 8.